The van der Waals surface area contributed by atoms with Crippen molar-refractivity contribution in [1.82, 2.24) is 26.6 Å². The van der Waals surface area contributed by atoms with Gasteiger partial charge in [0.1, 0.15) is 6.04 Å². The van der Waals surface area contributed by atoms with E-state index in [4.69, 9.17) is 5.73 Å². The van der Waals surface area contributed by atoms with Crippen LogP contribution in [0.4, 0.5) is 0 Å². The Labute approximate surface area is 308 Å². The number of hydrogen-bond donors (Lipinski definition) is 7. The molecule has 0 aliphatic heterocycles. The SMILES string of the molecule is CC(C)C.CC1CC2C[C@H](C1)CC(C)(C(=O)NC(CC(=O)O)C(=O)NCC(=O)NCC(=O)NCC(=O)NC1(C)C[C@H]3CC(C)CC(C(N)=O)(C3)C1)C2. The Kier molecular flexibility index (Phi) is 14.7. The number of hydrogen-bond acceptors (Lipinski definition) is 7. The van der Waals surface area contributed by atoms with Crippen molar-refractivity contribution in [2.45, 2.75) is 131 Å². The fourth-order valence-corrected chi connectivity index (χ4v) is 9.82. The van der Waals surface area contributed by atoms with Gasteiger partial charge in [0.15, 0.2) is 0 Å². The zero-order valence-electron chi connectivity index (χ0n) is 32.3. The summed E-state index contributed by atoms with van der Waals surface area (Å²) in [6.45, 7) is 13.3. The molecule has 0 aromatic heterocycles. The first kappa shape index (κ1) is 42.7. The highest BCUT2D eigenvalue weighted by molar-refractivity contribution is 5.95. The molecule has 4 saturated carbocycles. The van der Waals surface area contributed by atoms with Crippen LogP contribution in [-0.2, 0) is 33.6 Å². The summed E-state index contributed by atoms with van der Waals surface area (Å²) in [4.78, 5) is 87.6. The Hall–Kier alpha value is -3.71. The summed E-state index contributed by atoms with van der Waals surface area (Å²) in [5.74, 6) is -1.63. The minimum absolute atomic E-state index is 0.269. The van der Waals surface area contributed by atoms with Gasteiger partial charge in [0.25, 0.3) is 0 Å². The fourth-order valence-electron chi connectivity index (χ4n) is 9.82. The summed E-state index contributed by atoms with van der Waals surface area (Å²) < 4.78 is 0. The molecule has 4 rings (SSSR count). The molecule has 4 fully saturated rings. The van der Waals surface area contributed by atoms with Crippen molar-refractivity contribution in [2.75, 3.05) is 19.6 Å². The molecule has 4 aliphatic rings. The Morgan fingerprint density at radius 2 is 1.23 bits per heavy atom. The number of carboxylic acid groups (broad SMARTS) is 1. The third-order valence-electron chi connectivity index (χ3n) is 11.1. The predicted molar refractivity (Wildman–Crippen MR) is 195 cm³/mol. The molecule has 0 saturated heterocycles. The van der Waals surface area contributed by atoms with E-state index in [2.05, 4.69) is 61.2 Å². The van der Waals surface area contributed by atoms with E-state index in [1.54, 1.807) is 0 Å². The summed E-state index contributed by atoms with van der Waals surface area (Å²) in [7, 11) is 0. The molecule has 0 aromatic rings. The van der Waals surface area contributed by atoms with Crippen LogP contribution in [0.25, 0.3) is 0 Å². The van der Waals surface area contributed by atoms with Crippen LogP contribution in [0.1, 0.15) is 119 Å². The highest BCUT2D eigenvalue weighted by Crippen LogP contribution is 2.54. The molecule has 0 radical (unpaired) electrons. The molecule has 294 valence electrons. The van der Waals surface area contributed by atoms with Crippen LogP contribution >= 0.6 is 0 Å². The van der Waals surface area contributed by atoms with E-state index in [1.807, 2.05) is 13.8 Å². The molecule has 4 bridgehead atoms. The Bertz CT molecular complexity index is 1330. The van der Waals surface area contributed by atoms with Gasteiger partial charge >= 0.3 is 5.97 Å². The molecule has 52 heavy (non-hydrogen) atoms. The standard InChI is InChI=1S/C34H54N6O8.C4H10/c1-19-5-21-8-22(6-19)12-32(3,11-21)31(48)39-24(9-28(44)45)29(46)38-16-26(42)36-15-25(41)37-17-27(43)40-33(4)13-23-7-20(2)10-34(14-23,18-33)30(35)47;1-4(2)3/h19-24H,5-18H2,1-4H3,(H2,35,47)(H,36,42)(H,37,41)(H,38,46)(H,39,48)(H,40,43)(H,44,45);4H,1-3H3/t19?,20?,21-,22?,23+,24?,32?,33?,34?;/m0./s1. The third-order valence-corrected chi connectivity index (χ3v) is 11.1. The maximum atomic E-state index is 13.3. The lowest BCUT2D eigenvalue weighted by molar-refractivity contribution is -0.143. The number of amides is 6. The second-order valence-electron chi connectivity index (χ2n) is 17.9. The largest absolute Gasteiger partial charge is 0.481 e. The van der Waals surface area contributed by atoms with E-state index in [0.29, 0.717) is 55.8 Å². The molecule has 14 heteroatoms. The molecule has 4 aliphatic carbocycles. The quantitative estimate of drug-likeness (QED) is 0.148. The molecule has 6 amide bonds. The molecule has 8 N–H and O–H groups in total. The second-order valence-corrected chi connectivity index (χ2v) is 17.9. The molecule has 0 spiro atoms. The first-order chi connectivity index (χ1) is 24.1. The van der Waals surface area contributed by atoms with Crippen molar-refractivity contribution in [2.24, 2.45) is 52.1 Å². The third kappa shape index (κ3) is 12.5. The normalized spacial score (nSPS) is 32.5. The van der Waals surface area contributed by atoms with Crippen LogP contribution in [0.3, 0.4) is 0 Å². The molecule has 7 unspecified atom stereocenters. The molecular formula is C38H64N6O8. The Balaban J connectivity index is 0.00000173. The van der Waals surface area contributed by atoms with Gasteiger partial charge in [-0.25, -0.2) is 0 Å². The van der Waals surface area contributed by atoms with Gasteiger partial charge in [-0.05, 0) is 107 Å². The van der Waals surface area contributed by atoms with Crippen molar-refractivity contribution in [3.63, 3.8) is 0 Å². The number of rotatable bonds is 13. The predicted octanol–water partition coefficient (Wildman–Crippen LogP) is 2.39. The average molecular weight is 733 g/mol. The Morgan fingerprint density at radius 3 is 1.77 bits per heavy atom. The monoisotopic (exact) mass is 732 g/mol. The van der Waals surface area contributed by atoms with Crippen LogP contribution in [0.2, 0.25) is 0 Å². The lowest BCUT2D eigenvalue weighted by Crippen LogP contribution is -2.60. The van der Waals surface area contributed by atoms with Crippen LogP contribution < -0.4 is 32.3 Å². The van der Waals surface area contributed by atoms with Crippen LogP contribution in [0.5, 0.6) is 0 Å². The van der Waals surface area contributed by atoms with E-state index < -0.39 is 71.5 Å². The lowest BCUT2D eigenvalue weighted by Gasteiger charge is -2.53. The smallest absolute Gasteiger partial charge is 0.305 e. The van der Waals surface area contributed by atoms with Crippen molar-refractivity contribution in [3.8, 4) is 0 Å². The summed E-state index contributed by atoms with van der Waals surface area (Å²) in [6.07, 6.45) is 7.44. The number of fused-ring (bicyclic) bond motifs is 4. The number of carboxylic acids is 1. The first-order valence-electron chi connectivity index (χ1n) is 19.1. The van der Waals surface area contributed by atoms with Crippen LogP contribution in [0, 0.1) is 46.3 Å². The zero-order chi connectivity index (χ0) is 39.0. The molecular weight excluding hydrogens is 668 g/mol. The minimum atomic E-state index is -1.37. The average Bonchev–Trinajstić information content (AvgIpc) is 2.99. The van der Waals surface area contributed by atoms with Crippen molar-refractivity contribution >= 4 is 41.4 Å². The number of carbonyl (C=O) groups is 7. The fraction of sp³-hybridized carbons (Fsp3) is 0.816. The van der Waals surface area contributed by atoms with Gasteiger partial charge in [-0.3, -0.25) is 33.6 Å². The highest BCUT2D eigenvalue weighted by atomic mass is 16.4. The van der Waals surface area contributed by atoms with Gasteiger partial charge in [0, 0.05) is 11.0 Å². The van der Waals surface area contributed by atoms with E-state index in [-0.39, 0.29) is 24.3 Å². The Morgan fingerprint density at radius 1 is 0.712 bits per heavy atom. The molecule has 9 atom stereocenters. The van der Waals surface area contributed by atoms with E-state index in [0.717, 1.165) is 38.0 Å². The maximum absolute atomic E-state index is 13.3. The van der Waals surface area contributed by atoms with Crippen molar-refractivity contribution in [3.05, 3.63) is 0 Å². The van der Waals surface area contributed by atoms with Crippen LogP contribution in [-0.4, -0.2) is 77.7 Å². The van der Waals surface area contributed by atoms with E-state index in [9.17, 15) is 38.7 Å². The number of nitrogens with one attached hydrogen (secondary N) is 5. The molecule has 0 aromatic carbocycles. The molecule has 0 heterocycles. The van der Waals surface area contributed by atoms with Crippen molar-refractivity contribution in [1.29, 1.82) is 0 Å². The molecule has 14 nitrogen and oxygen atoms in total. The van der Waals surface area contributed by atoms with Crippen molar-refractivity contribution < 1.29 is 38.7 Å². The van der Waals surface area contributed by atoms with Gasteiger partial charge in [-0.15, -0.1) is 0 Å². The number of aliphatic carboxylic acids is 1. The maximum Gasteiger partial charge on any atom is 0.305 e. The lowest BCUT2D eigenvalue weighted by atomic mass is 9.54. The summed E-state index contributed by atoms with van der Waals surface area (Å²) in [5, 5.41) is 22.1. The van der Waals surface area contributed by atoms with E-state index in [1.165, 1.54) is 0 Å². The first-order valence-corrected chi connectivity index (χ1v) is 19.1. The summed E-state index contributed by atoms with van der Waals surface area (Å²) in [6, 6.07) is -1.37. The number of nitrogens with two attached hydrogens (primary N) is 1. The zero-order valence-corrected chi connectivity index (χ0v) is 32.3. The topological polar surface area (TPSA) is 226 Å². The summed E-state index contributed by atoms with van der Waals surface area (Å²) in [5.41, 5.74) is 3.81. The van der Waals surface area contributed by atoms with E-state index >= 15 is 0 Å². The minimum Gasteiger partial charge on any atom is -0.481 e. The van der Waals surface area contributed by atoms with Gasteiger partial charge in [-0.2, -0.15) is 0 Å². The van der Waals surface area contributed by atoms with Gasteiger partial charge < -0.3 is 37.4 Å². The van der Waals surface area contributed by atoms with Gasteiger partial charge in [0.2, 0.25) is 35.4 Å². The van der Waals surface area contributed by atoms with Crippen LogP contribution in [0.15, 0.2) is 0 Å². The summed E-state index contributed by atoms with van der Waals surface area (Å²) >= 11 is 0. The number of primary amides is 1. The van der Waals surface area contributed by atoms with Gasteiger partial charge in [0.05, 0.1) is 31.5 Å². The second kappa shape index (κ2) is 17.9. The number of carbonyl (C=O) groups excluding carboxylic acids is 6. The highest BCUT2D eigenvalue weighted by Gasteiger charge is 2.53. The van der Waals surface area contributed by atoms with Gasteiger partial charge in [-0.1, -0.05) is 41.5 Å².